The second-order valence-corrected chi connectivity index (χ2v) is 9.38. The van der Waals surface area contributed by atoms with Gasteiger partial charge in [-0.3, -0.25) is 19.1 Å². The Morgan fingerprint density at radius 2 is 1.87 bits per heavy atom. The van der Waals surface area contributed by atoms with Crippen LogP contribution in [0.5, 0.6) is 0 Å². The molecule has 6 rings (SSSR count). The Morgan fingerprint density at radius 3 is 2.58 bits per heavy atom. The second-order valence-electron chi connectivity index (χ2n) is 9.38. The molecule has 1 unspecified atom stereocenters. The number of carboxylic acid groups (broad SMARTS) is 1. The van der Waals surface area contributed by atoms with Crippen molar-refractivity contribution in [1.82, 2.24) is 34.0 Å². The molecule has 0 saturated heterocycles. The van der Waals surface area contributed by atoms with Gasteiger partial charge >= 0.3 is 11.7 Å². The molecule has 10 nitrogen and oxygen atoms in total. The first-order chi connectivity index (χ1) is 18.2. The quantitative estimate of drug-likeness (QED) is 0.378. The molecule has 3 aromatic heterocycles. The van der Waals surface area contributed by atoms with E-state index in [0.29, 0.717) is 46.6 Å². The van der Waals surface area contributed by atoms with E-state index >= 15 is 4.39 Å². The van der Waals surface area contributed by atoms with Gasteiger partial charge in [0.2, 0.25) is 0 Å². The highest BCUT2D eigenvalue weighted by Crippen LogP contribution is 2.31. The summed E-state index contributed by atoms with van der Waals surface area (Å²) in [6.45, 7) is 3.64. The van der Waals surface area contributed by atoms with Crippen LogP contribution in [-0.4, -0.2) is 46.3 Å². The topological polar surface area (TPSA) is 112 Å². The number of halogens is 2. The fourth-order valence-electron chi connectivity index (χ4n) is 5.19. The Bertz CT molecular complexity index is 1810. The van der Waals surface area contributed by atoms with E-state index in [2.05, 4.69) is 15.5 Å². The van der Waals surface area contributed by atoms with Crippen molar-refractivity contribution in [3.05, 3.63) is 93.1 Å². The fraction of sp³-hybridized carbons (Fsp3) is 0.231. The van der Waals surface area contributed by atoms with Crippen LogP contribution in [0.3, 0.4) is 0 Å². The Balaban J connectivity index is 1.50. The van der Waals surface area contributed by atoms with E-state index in [1.54, 1.807) is 31.6 Å². The van der Waals surface area contributed by atoms with E-state index in [-0.39, 0.29) is 22.6 Å². The summed E-state index contributed by atoms with van der Waals surface area (Å²) in [7, 11) is 1.70. The van der Waals surface area contributed by atoms with E-state index in [0.717, 1.165) is 0 Å². The molecule has 5 aromatic rings. The van der Waals surface area contributed by atoms with Crippen LogP contribution in [0.1, 0.15) is 39.0 Å². The van der Waals surface area contributed by atoms with E-state index in [9.17, 15) is 19.1 Å². The third kappa shape index (κ3) is 3.40. The van der Waals surface area contributed by atoms with Crippen molar-refractivity contribution in [1.29, 1.82) is 0 Å². The maximum absolute atomic E-state index is 15.3. The minimum absolute atomic E-state index is 0.0525. The normalized spacial score (nSPS) is 15.2. The summed E-state index contributed by atoms with van der Waals surface area (Å²) in [5.41, 5.74) is 1.91. The summed E-state index contributed by atoms with van der Waals surface area (Å²) in [5, 5.41) is 22.3. The lowest BCUT2D eigenvalue weighted by molar-refractivity contribution is 0.0684. The molecule has 2 N–H and O–H groups in total. The van der Waals surface area contributed by atoms with Crippen molar-refractivity contribution in [3.63, 3.8) is 0 Å². The van der Waals surface area contributed by atoms with Crippen LogP contribution in [0, 0.1) is 25.5 Å². The molecule has 12 heteroatoms. The number of hydrogen-bond acceptors (Lipinski definition) is 5. The maximum Gasteiger partial charge on any atom is 0.355 e. The number of hydrogen-bond donors (Lipinski definition) is 2. The molecule has 0 radical (unpaired) electrons. The van der Waals surface area contributed by atoms with Crippen LogP contribution in [0.4, 0.5) is 8.78 Å². The molecule has 4 heterocycles. The van der Waals surface area contributed by atoms with Crippen LogP contribution in [-0.2, 0) is 13.5 Å². The molecule has 1 aliphatic rings. The summed E-state index contributed by atoms with van der Waals surface area (Å²) in [6.07, 6.45) is 3.89. The van der Waals surface area contributed by atoms with Gasteiger partial charge in [-0.15, -0.1) is 0 Å². The lowest BCUT2D eigenvalue weighted by Crippen LogP contribution is -2.40. The first-order valence-electron chi connectivity index (χ1n) is 11.9. The summed E-state index contributed by atoms with van der Waals surface area (Å²) in [4.78, 5) is 26.1. The Hall–Kier alpha value is -4.58. The van der Waals surface area contributed by atoms with Crippen LogP contribution < -0.4 is 11.0 Å². The van der Waals surface area contributed by atoms with Crippen LogP contribution >= 0.6 is 0 Å². The van der Waals surface area contributed by atoms with Gasteiger partial charge in [0, 0.05) is 38.0 Å². The molecule has 1 aliphatic heterocycles. The zero-order valence-electron chi connectivity index (χ0n) is 20.7. The minimum Gasteiger partial charge on any atom is -0.476 e. The number of imidazole rings is 1. The van der Waals surface area contributed by atoms with Gasteiger partial charge in [0.1, 0.15) is 12.0 Å². The number of fused-ring (bicyclic) bond motifs is 2. The van der Waals surface area contributed by atoms with Gasteiger partial charge < -0.3 is 5.11 Å². The lowest BCUT2D eigenvalue weighted by Gasteiger charge is -2.24. The average Bonchev–Trinajstić information content (AvgIpc) is 3.58. The SMILES string of the molecule is Cc1cc(-n2nc3c(c2C(=O)O)C(n2ccn(-c4ccc5c(cnn5C)c4F)c2=O)NCC3)cc(C)c1F. The van der Waals surface area contributed by atoms with Crippen molar-refractivity contribution >= 4 is 16.9 Å². The molecule has 0 aliphatic carbocycles. The molecule has 0 amide bonds. The average molecular weight is 520 g/mol. The Labute approximate surface area is 214 Å². The van der Waals surface area contributed by atoms with Crippen LogP contribution in [0.25, 0.3) is 22.3 Å². The summed E-state index contributed by atoms with van der Waals surface area (Å²) < 4.78 is 34.9. The van der Waals surface area contributed by atoms with Gasteiger partial charge in [0.25, 0.3) is 0 Å². The molecule has 194 valence electrons. The largest absolute Gasteiger partial charge is 0.476 e. The molecular formula is C26H23F2N7O3. The molecule has 2 aromatic carbocycles. The fourth-order valence-corrected chi connectivity index (χ4v) is 5.19. The smallest absolute Gasteiger partial charge is 0.355 e. The number of aromatic nitrogens is 6. The molecule has 38 heavy (non-hydrogen) atoms. The van der Waals surface area contributed by atoms with Crippen molar-refractivity contribution in [2.24, 2.45) is 7.05 Å². The van der Waals surface area contributed by atoms with Crippen molar-refractivity contribution in [2.45, 2.75) is 26.4 Å². The Morgan fingerprint density at radius 1 is 1.13 bits per heavy atom. The standard InChI is InChI=1S/C26H23F2N7O3/c1-13-10-15(11-14(2)21(13)27)35-23(25(36)37)20-17(31-35)6-7-29-24(20)34-9-8-33(26(34)38)19-5-4-18-16(22(19)28)12-30-32(18)3/h4-5,8-12,24,29H,6-7H2,1-3H3,(H,36,37). The number of nitrogens with one attached hydrogen (secondary N) is 1. The van der Waals surface area contributed by atoms with E-state index in [1.165, 1.54) is 50.6 Å². The number of aromatic carboxylic acids is 1. The number of nitrogens with zero attached hydrogens (tertiary/aromatic N) is 6. The highest BCUT2D eigenvalue weighted by molar-refractivity contribution is 5.89. The number of benzene rings is 2. The number of carboxylic acids is 1. The first-order valence-corrected chi connectivity index (χ1v) is 11.9. The predicted octanol–water partition coefficient (Wildman–Crippen LogP) is 3.00. The van der Waals surface area contributed by atoms with Crippen molar-refractivity contribution in [3.8, 4) is 11.4 Å². The van der Waals surface area contributed by atoms with Crippen LogP contribution in [0.2, 0.25) is 0 Å². The lowest BCUT2D eigenvalue weighted by atomic mass is 10.0. The van der Waals surface area contributed by atoms with Gasteiger partial charge in [-0.05, 0) is 49.2 Å². The second kappa shape index (κ2) is 8.48. The summed E-state index contributed by atoms with van der Waals surface area (Å²) in [6, 6.07) is 6.26. The third-order valence-electron chi connectivity index (χ3n) is 7.03. The molecular weight excluding hydrogens is 496 g/mol. The molecule has 1 atom stereocenters. The number of aryl methyl sites for hydroxylation is 3. The van der Waals surface area contributed by atoms with Gasteiger partial charge in [0.05, 0.1) is 34.2 Å². The molecule has 0 fully saturated rings. The first kappa shape index (κ1) is 23.8. The van der Waals surface area contributed by atoms with E-state index in [4.69, 9.17) is 0 Å². The number of rotatable bonds is 4. The van der Waals surface area contributed by atoms with Gasteiger partial charge in [0.15, 0.2) is 11.5 Å². The van der Waals surface area contributed by atoms with Crippen LogP contribution in [0.15, 0.2) is 47.7 Å². The van der Waals surface area contributed by atoms with Crippen molar-refractivity contribution in [2.75, 3.05) is 6.54 Å². The van der Waals surface area contributed by atoms with Gasteiger partial charge in [-0.25, -0.2) is 23.1 Å². The maximum atomic E-state index is 15.3. The minimum atomic E-state index is -1.24. The van der Waals surface area contributed by atoms with Gasteiger partial charge in [-0.1, -0.05) is 0 Å². The predicted molar refractivity (Wildman–Crippen MR) is 134 cm³/mol. The highest BCUT2D eigenvalue weighted by Gasteiger charge is 2.34. The van der Waals surface area contributed by atoms with Gasteiger partial charge in [-0.2, -0.15) is 10.2 Å². The van der Waals surface area contributed by atoms with E-state index in [1.807, 2.05) is 0 Å². The zero-order valence-corrected chi connectivity index (χ0v) is 20.7. The monoisotopic (exact) mass is 519 g/mol. The molecule has 0 spiro atoms. The molecule has 0 saturated carbocycles. The highest BCUT2D eigenvalue weighted by atomic mass is 19.1. The van der Waals surface area contributed by atoms with Crippen molar-refractivity contribution < 1.29 is 18.7 Å². The van der Waals surface area contributed by atoms with E-state index < -0.39 is 23.6 Å². The Kier molecular flexibility index (Phi) is 5.31. The number of carbonyl (C=O) groups is 1. The summed E-state index contributed by atoms with van der Waals surface area (Å²) in [5.74, 6) is -2.20. The summed E-state index contributed by atoms with van der Waals surface area (Å²) >= 11 is 0. The molecule has 0 bridgehead atoms. The third-order valence-corrected chi connectivity index (χ3v) is 7.03. The zero-order chi connectivity index (χ0) is 26.9.